The van der Waals surface area contributed by atoms with E-state index in [0.717, 1.165) is 42.4 Å². The van der Waals surface area contributed by atoms with Gasteiger partial charge in [-0.05, 0) is 43.7 Å². The first kappa shape index (κ1) is 15.1. The summed E-state index contributed by atoms with van der Waals surface area (Å²) in [5.41, 5.74) is 2.65. The molecule has 1 aromatic carbocycles. The standard InChI is InChI=1S/C18H24N2O2/c1-12-7-8-13(2)15(10-12)11-20-16(21)18(19-17(20)22)9-5-4-6-14(18)3/h7-8,10,14H,4-6,9,11H2,1-3H3,(H,19,22)/t14-,18+/m0/s1. The monoisotopic (exact) mass is 300 g/mol. The Hall–Kier alpha value is -1.84. The highest BCUT2D eigenvalue weighted by molar-refractivity contribution is 6.07. The first-order valence-electron chi connectivity index (χ1n) is 8.14. The van der Waals surface area contributed by atoms with Crippen molar-refractivity contribution in [2.24, 2.45) is 5.92 Å². The molecule has 0 unspecified atom stereocenters. The molecule has 1 spiro atoms. The normalized spacial score (nSPS) is 28.3. The lowest BCUT2D eigenvalue weighted by atomic mass is 9.73. The smallest absolute Gasteiger partial charge is 0.323 e. The minimum absolute atomic E-state index is 0.0365. The average molecular weight is 300 g/mol. The minimum Gasteiger partial charge on any atom is -0.323 e. The van der Waals surface area contributed by atoms with Crippen molar-refractivity contribution in [1.82, 2.24) is 10.2 Å². The fourth-order valence-corrected chi connectivity index (χ4v) is 3.78. The van der Waals surface area contributed by atoms with Crippen LogP contribution in [-0.4, -0.2) is 22.4 Å². The molecule has 0 radical (unpaired) electrons. The van der Waals surface area contributed by atoms with E-state index in [-0.39, 0.29) is 17.9 Å². The van der Waals surface area contributed by atoms with Crippen molar-refractivity contribution in [3.05, 3.63) is 34.9 Å². The predicted octanol–water partition coefficient (Wildman–Crippen LogP) is 3.30. The fraction of sp³-hybridized carbons (Fsp3) is 0.556. The molecule has 118 valence electrons. The molecule has 0 aromatic heterocycles. The third-order valence-electron chi connectivity index (χ3n) is 5.33. The number of carbonyl (C=O) groups is 2. The highest BCUT2D eigenvalue weighted by Crippen LogP contribution is 2.38. The maximum absolute atomic E-state index is 12.9. The van der Waals surface area contributed by atoms with E-state index in [1.807, 2.05) is 19.9 Å². The molecule has 3 amide bonds. The zero-order chi connectivity index (χ0) is 15.9. The highest BCUT2D eigenvalue weighted by atomic mass is 16.2. The molecule has 2 aliphatic rings. The van der Waals surface area contributed by atoms with Crippen molar-refractivity contribution in [2.45, 2.75) is 58.5 Å². The number of nitrogens with zero attached hydrogens (tertiary/aromatic N) is 1. The maximum atomic E-state index is 12.9. The van der Waals surface area contributed by atoms with Crippen LogP contribution in [0.15, 0.2) is 18.2 Å². The summed E-state index contributed by atoms with van der Waals surface area (Å²) in [6, 6.07) is 5.92. The quantitative estimate of drug-likeness (QED) is 0.852. The molecule has 22 heavy (non-hydrogen) atoms. The summed E-state index contributed by atoms with van der Waals surface area (Å²) in [5, 5.41) is 3.01. The van der Waals surface area contributed by atoms with Crippen LogP contribution in [0, 0.1) is 19.8 Å². The molecule has 1 saturated carbocycles. The van der Waals surface area contributed by atoms with Gasteiger partial charge in [-0.25, -0.2) is 4.79 Å². The fourth-order valence-electron chi connectivity index (χ4n) is 3.78. The Labute approximate surface area is 131 Å². The molecule has 2 fully saturated rings. The number of amides is 3. The van der Waals surface area contributed by atoms with Gasteiger partial charge in [0.15, 0.2) is 0 Å². The van der Waals surface area contributed by atoms with Crippen molar-refractivity contribution in [3.63, 3.8) is 0 Å². The van der Waals surface area contributed by atoms with Gasteiger partial charge in [0.2, 0.25) is 0 Å². The Morgan fingerprint density at radius 1 is 1.27 bits per heavy atom. The summed E-state index contributed by atoms with van der Waals surface area (Å²) < 4.78 is 0. The molecule has 1 aliphatic carbocycles. The molecular weight excluding hydrogens is 276 g/mol. The lowest BCUT2D eigenvalue weighted by molar-refractivity contribution is -0.134. The van der Waals surface area contributed by atoms with Crippen LogP contribution in [0.3, 0.4) is 0 Å². The van der Waals surface area contributed by atoms with Gasteiger partial charge in [0, 0.05) is 0 Å². The van der Waals surface area contributed by atoms with Gasteiger partial charge in [-0.3, -0.25) is 9.69 Å². The van der Waals surface area contributed by atoms with E-state index in [4.69, 9.17) is 0 Å². The molecule has 1 aliphatic heterocycles. The Balaban J connectivity index is 1.87. The molecule has 4 heteroatoms. The zero-order valence-electron chi connectivity index (χ0n) is 13.6. The SMILES string of the molecule is Cc1ccc(C)c(CN2C(=O)N[C@@]3(CCCC[C@@H]3C)C2=O)c1. The number of benzene rings is 1. The molecule has 2 atom stereocenters. The van der Waals surface area contributed by atoms with Gasteiger partial charge < -0.3 is 5.32 Å². The first-order valence-corrected chi connectivity index (χ1v) is 8.14. The van der Waals surface area contributed by atoms with Crippen LogP contribution in [0.1, 0.15) is 49.3 Å². The third-order valence-corrected chi connectivity index (χ3v) is 5.33. The summed E-state index contributed by atoms with van der Waals surface area (Å²) in [4.78, 5) is 26.8. The number of nitrogens with one attached hydrogen (secondary N) is 1. The van der Waals surface area contributed by atoms with Crippen molar-refractivity contribution >= 4 is 11.9 Å². The van der Waals surface area contributed by atoms with E-state index >= 15 is 0 Å². The lowest BCUT2D eigenvalue weighted by Crippen LogP contribution is -2.53. The van der Waals surface area contributed by atoms with Crippen molar-refractivity contribution in [3.8, 4) is 0 Å². The Morgan fingerprint density at radius 2 is 2.05 bits per heavy atom. The van der Waals surface area contributed by atoms with Crippen LogP contribution in [-0.2, 0) is 11.3 Å². The first-order chi connectivity index (χ1) is 10.4. The van der Waals surface area contributed by atoms with Crippen LogP contribution >= 0.6 is 0 Å². The molecule has 1 N–H and O–H groups in total. The zero-order valence-corrected chi connectivity index (χ0v) is 13.6. The molecule has 1 aromatic rings. The molecule has 0 bridgehead atoms. The second kappa shape index (κ2) is 5.41. The van der Waals surface area contributed by atoms with Crippen LogP contribution in [0.25, 0.3) is 0 Å². The van der Waals surface area contributed by atoms with Gasteiger partial charge in [0.1, 0.15) is 5.54 Å². The summed E-state index contributed by atoms with van der Waals surface area (Å²) in [6.07, 6.45) is 3.92. The van der Waals surface area contributed by atoms with Gasteiger partial charge in [0.25, 0.3) is 5.91 Å². The predicted molar refractivity (Wildman–Crippen MR) is 85.4 cm³/mol. The number of imide groups is 1. The second-order valence-corrected chi connectivity index (χ2v) is 6.87. The molecule has 4 nitrogen and oxygen atoms in total. The topological polar surface area (TPSA) is 49.4 Å². The van der Waals surface area contributed by atoms with Crippen LogP contribution in [0.5, 0.6) is 0 Å². The van der Waals surface area contributed by atoms with Crippen LogP contribution < -0.4 is 5.32 Å². The van der Waals surface area contributed by atoms with E-state index in [0.29, 0.717) is 6.54 Å². The van der Waals surface area contributed by atoms with Crippen molar-refractivity contribution in [2.75, 3.05) is 0 Å². The lowest BCUT2D eigenvalue weighted by Gasteiger charge is -2.36. The molecule has 3 rings (SSSR count). The van der Waals surface area contributed by atoms with Gasteiger partial charge in [-0.1, -0.05) is 43.5 Å². The summed E-state index contributed by atoms with van der Waals surface area (Å²) >= 11 is 0. The van der Waals surface area contributed by atoms with E-state index in [9.17, 15) is 9.59 Å². The Bertz CT molecular complexity index is 626. The Kier molecular flexibility index (Phi) is 3.71. The summed E-state index contributed by atoms with van der Waals surface area (Å²) in [7, 11) is 0. The third kappa shape index (κ3) is 2.31. The van der Waals surface area contributed by atoms with Gasteiger partial charge in [-0.2, -0.15) is 0 Å². The number of aryl methyl sites for hydroxylation is 2. The molecule has 1 heterocycles. The molecular formula is C18H24N2O2. The summed E-state index contributed by atoms with van der Waals surface area (Å²) in [6.45, 7) is 6.50. The largest absolute Gasteiger partial charge is 0.325 e. The number of rotatable bonds is 2. The number of urea groups is 1. The molecule has 1 saturated heterocycles. The van der Waals surface area contributed by atoms with Crippen molar-refractivity contribution in [1.29, 1.82) is 0 Å². The van der Waals surface area contributed by atoms with Crippen molar-refractivity contribution < 1.29 is 9.59 Å². The maximum Gasteiger partial charge on any atom is 0.325 e. The van der Waals surface area contributed by atoms with E-state index in [2.05, 4.69) is 24.4 Å². The summed E-state index contributed by atoms with van der Waals surface area (Å²) in [5.74, 6) is 0.173. The van der Waals surface area contributed by atoms with Gasteiger partial charge in [-0.15, -0.1) is 0 Å². The number of hydrogen-bond donors (Lipinski definition) is 1. The Morgan fingerprint density at radius 3 is 2.77 bits per heavy atom. The average Bonchev–Trinajstić information content (AvgIpc) is 2.71. The van der Waals surface area contributed by atoms with E-state index < -0.39 is 5.54 Å². The van der Waals surface area contributed by atoms with Gasteiger partial charge in [0.05, 0.1) is 6.54 Å². The van der Waals surface area contributed by atoms with E-state index in [1.54, 1.807) is 0 Å². The minimum atomic E-state index is -0.660. The number of hydrogen-bond acceptors (Lipinski definition) is 2. The van der Waals surface area contributed by atoms with Crippen LogP contribution in [0.2, 0.25) is 0 Å². The van der Waals surface area contributed by atoms with Gasteiger partial charge >= 0.3 is 6.03 Å². The van der Waals surface area contributed by atoms with Crippen LogP contribution in [0.4, 0.5) is 4.79 Å². The number of carbonyl (C=O) groups excluding carboxylic acids is 2. The highest BCUT2D eigenvalue weighted by Gasteiger charge is 2.54. The van der Waals surface area contributed by atoms with E-state index in [1.165, 1.54) is 4.90 Å². The second-order valence-electron chi connectivity index (χ2n) is 6.87.